The first kappa shape index (κ1) is 22.5. The molecule has 0 bridgehead atoms. The quantitative estimate of drug-likeness (QED) is 0.182. The van der Waals surface area contributed by atoms with E-state index >= 15 is 0 Å². The van der Waals surface area contributed by atoms with E-state index in [9.17, 15) is 9.59 Å². The zero-order valence-electron chi connectivity index (χ0n) is 17.9. The number of hydrogen-bond acceptors (Lipinski definition) is 7. The standard InChI is InChI=1S/C24H24N4O4/c1-17(21-13-14-26-28(21)19-10-5-4-6-11-19)23(29)22(31-2)16-27(25)15-18-9-7-8-12-20(18)24(30)32-3/h4-14,16H,1,15,25H2,2-3H3/b22-16+. The maximum atomic E-state index is 13.1. The number of rotatable bonds is 9. The van der Waals surface area contributed by atoms with Gasteiger partial charge in [-0.05, 0) is 29.8 Å². The SMILES string of the molecule is C=C(C(=O)/C(=C\N(N)Cc1ccccc1C(=O)OC)OC)c1ccnn1-c1ccccc1. The fourth-order valence-corrected chi connectivity index (χ4v) is 3.14. The number of nitrogens with zero attached hydrogens (tertiary/aromatic N) is 3. The monoisotopic (exact) mass is 432 g/mol. The third kappa shape index (κ3) is 4.93. The number of Topliss-reactive ketones (excluding diaryl/α,β-unsaturated/α-hetero) is 1. The van der Waals surface area contributed by atoms with Crippen LogP contribution in [-0.4, -0.2) is 40.8 Å². The van der Waals surface area contributed by atoms with Gasteiger partial charge >= 0.3 is 5.97 Å². The Bertz CT molecular complexity index is 1150. The number of esters is 1. The van der Waals surface area contributed by atoms with Gasteiger partial charge in [-0.1, -0.05) is 43.0 Å². The van der Waals surface area contributed by atoms with Crippen molar-refractivity contribution in [2.24, 2.45) is 5.84 Å². The Balaban J connectivity index is 1.82. The highest BCUT2D eigenvalue weighted by molar-refractivity contribution is 6.26. The number of aromatic nitrogens is 2. The first-order valence-electron chi connectivity index (χ1n) is 9.73. The van der Waals surface area contributed by atoms with Crippen LogP contribution in [-0.2, 0) is 20.8 Å². The average molecular weight is 432 g/mol. The Kier molecular flexibility index (Phi) is 7.20. The van der Waals surface area contributed by atoms with E-state index in [2.05, 4.69) is 11.7 Å². The molecule has 0 fully saturated rings. The second kappa shape index (κ2) is 10.2. The lowest BCUT2D eigenvalue weighted by Gasteiger charge is -2.18. The summed E-state index contributed by atoms with van der Waals surface area (Å²) in [5.41, 5.74) is 2.55. The topological polar surface area (TPSA) is 99.7 Å². The summed E-state index contributed by atoms with van der Waals surface area (Å²) in [6, 6.07) is 18.0. The minimum absolute atomic E-state index is 0.00568. The van der Waals surface area contributed by atoms with Crippen molar-refractivity contribution in [1.29, 1.82) is 0 Å². The van der Waals surface area contributed by atoms with Crippen LogP contribution < -0.4 is 5.84 Å². The molecule has 0 unspecified atom stereocenters. The van der Waals surface area contributed by atoms with Gasteiger partial charge in [-0.3, -0.25) is 4.79 Å². The maximum Gasteiger partial charge on any atom is 0.338 e. The van der Waals surface area contributed by atoms with Crippen molar-refractivity contribution >= 4 is 17.3 Å². The molecule has 164 valence electrons. The van der Waals surface area contributed by atoms with Crippen LogP contribution in [0.2, 0.25) is 0 Å². The van der Waals surface area contributed by atoms with Crippen molar-refractivity contribution in [3.05, 3.63) is 102 Å². The third-order valence-corrected chi connectivity index (χ3v) is 4.73. The number of methoxy groups -OCH3 is 2. The number of allylic oxidation sites excluding steroid dienone is 1. The van der Waals surface area contributed by atoms with Crippen molar-refractivity contribution in [2.45, 2.75) is 6.54 Å². The van der Waals surface area contributed by atoms with E-state index in [1.165, 1.54) is 25.4 Å². The lowest BCUT2D eigenvalue weighted by Crippen LogP contribution is -2.27. The molecular weight excluding hydrogens is 408 g/mol. The molecule has 2 N–H and O–H groups in total. The van der Waals surface area contributed by atoms with Crippen LogP contribution in [0.3, 0.4) is 0 Å². The van der Waals surface area contributed by atoms with Gasteiger partial charge in [0.2, 0.25) is 5.78 Å². The van der Waals surface area contributed by atoms with E-state index in [0.717, 1.165) is 5.69 Å². The van der Waals surface area contributed by atoms with Crippen LogP contribution in [0.5, 0.6) is 0 Å². The summed E-state index contributed by atoms with van der Waals surface area (Å²) in [5.74, 6) is 5.18. The highest BCUT2D eigenvalue weighted by atomic mass is 16.5. The third-order valence-electron chi connectivity index (χ3n) is 4.73. The first-order valence-corrected chi connectivity index (χ1v) is 9.73. The lowest BCUT2D eigenvalue weighted by molar-refractivity contribution is -0.113. The van der Waals surface area contributed by atoms with E-state index < -0.39 is 11.8 Å². The largest absolute Gasteiger partial charge is 0.491 e. The molecule has 0 amide bonds. The number of para-hydroxylation sites is 1. The lowest BCUT2D eigenvalue weighted by atomic mass is 10.1. The highest BCUT2D eigenvalue weighted by Gasteiger charge is 2.21. The molecule has 0 saturated carbocycles. The molecule has 0 aliphatic rings. The van der Waals surface area contributed by atoms with E-state index in [1.807, 2.05) is 30.3 Å². The van der Waals surface area contributed by atoms with Crippen LogP contribution in [0.4, 0.5) is 0 Å². The zero-order chi connectivity index (χ0) is 23.1. The molecule has 8 nitrogen and oxygen atoms in total. The second-order valence-electron chi connectivity index (χ2n) is 6.79. The van der Waals surface area contributed by atoms with Crippen molar-refractivity contribution in [2.75, 3.05) is 14.2 Å². The summed E-state index contributed by atoms with van der Waals surface area (Å²) in [5, 5.41) is 5.55. The van der Waals surface area contributed by atoms with Gasteiger partial charge in [-0.2, -0.15) is 5.10 Å². The van der Waals surface area contributed by atoms with Crippen molar-refractivity contribution < 1.29 is 19.1 Å². The van der Waals surface area contributed by atoms with Crippen molar-refractivity contribution in [1.82, 2.24) is 14.8 Å². The molecule has 3 rings (SSSR count). The highest BCUT2D eigenvalue weighted by Crippen LogP contribution is 2.21. The molecule has 2 aromatic carbocycles. The Morgan fingerprint density at radius 3 is 2.44 bits per heavy atom. The first-order chi connectivity index (χ1) is 15.5. The van der Waals surface area contributed by atoms with E-state index in [0.29, 0.717) is 16.8 Å². The molecule has 0 radical (unpaired) electrons. The fourth-order valence-electron chi connectivity index (χ4n) is 3.14. The van der Waals surface area contributed by atoms with Crippen molar-refractivity contribution in [3.63, 3.8) is 0 Å². The maximum absolute atomic E-state index is 13.1. The van der Waals surface area contributed by atoms with Gasteiger partial charge in [0, 0.05) is 5.57 Å². The number of hydrazine groups is 1. The molecule has 8 heteroatoms. The number of nitrogens with two attached hydrogens (primary N) is 1. The predicted molar refractivity (Wildman–Crippen MR) is 120 cm³/mol. The second-order valence-corrected chi connectivity index (χ2v) is 6.79. The molecule has 0 saturated heterocycles. The van der Waals surface area contributed by atoms with Gasteiger partial charge in [-0.15, -0.1) is 0 Å². The van der Waals surface area contributed by atoms with Gasteiger partial charge < -0.3 is 14.5 Å². The fraction of sp³-hybridized carbons (Fsp3) is 0.125. The van der Waals surface area contributed by atoms with Gasteiger partial charge in [0.05, 0.1) is 50.1 Å². The summed E-state index contributed by atoms with van der Waals surface area (Å²) in [6.45, 7) is 4.09. The summed E-state index contributed by atoms with van der Waals surface area (Å²) in [6.07, 6.45) is 2.96. The minimum atomic E-state index is -0.469. The number of ketones is 1. The number of benzene rings is 2. The molecule has 0 atom stereocenters. The number of carbonyl (C=O) groups excluding carboxylic acids is 2. The molecular formula is C24H24N4O4. The molecule has 0 aliphatic heterocycles. The van der Waals surface area contributed by atoms with Gasteiger partial charge in [0.25, 0.3) is 0 Å². The molecule has 0 aliphatic carbocycles. The number of carbonyl (C=O) groups is 2. The van der Waals surface area contributed by atoms with Crippen LogP contribution >= 0.6 is 0 Å². The average Bonchev–Trinajstić information content (AvgIpc) is 3.32. The summed E-state index contributed by atoms with van der Waals surface area (Å²) in [4.78, 5) is 25.1. The van der Waals surface area contributed by atoms with E-state index in [-0.39, 0.29) is 17.9 Å². The van der Waals surface area contributed by atoms with Gasteiger partial charge in [0.1, 0.15) is 0 Å². The zero-order valence-corrected chi connectivity index (χ0v) is 17.9. The number of ether oxygens (including phenoxy) is 2. The normalized spacial score (nSPS) is 11.0. The molecule has 32 heavy (non-hydrogen) atoms. The van der Waals surface area contributed by atoms with Crippen molar-refractivity contribution in [3.8, 4) is 5.69 Å². The Morgan fingerprint density at radius 2 is 1.75 bits per heavy atom. The summed E-state index contributed by atoms with van der Waals surface area (Å²) < 4.78 is 11.7. The molecule has 0 spiro atoms. The van der Waals surface area contributed by atoms with E-state index in [1.54, 1.807) is 41.2 Å². The Hall–Kier alpha value is -4.17. The minimum Gasteiger partial charge on any atom is -0.491 e. The predicted octanol–water partition coefficient (Wildman–Crippen LogP) is 3.10. The van der Waals surface area contributed by atoms with Crippen LogP contribution in [0.1, 0.15) is 21.6 Å². The van der Waals surface area contributed by atoms with Crippen LogP contribution in [0.15, 0.2) is 85.4 Å². The molecule has 3 aromatic rings. The molecule has 1 aromatic heterocycles. The van der Waals surface area contributed by atoms with Gasteiger partial charge in [0.15, 0.2) is 5.76 Å². The number of hydrogen-bond donors (Lipinski definition) is 1. The smallest absolute Gasteiger partial charge is 0.338 e. The summed E-state index contributed by atoms with van der Waals surface area (Å²) in [7, 11) is 2.69. The van der Waals surface area contributed by atoms with Crippen LogP contribution in [0, 0.1) is 0 Å². The Morgan fingerprint density at radius 1 is 1.06 bits per heavy atom. The van der Waals surface area contributed by atoms with E-state index in [4.69, 9.17) is 15.3 Å². The summed E-state index contributed by atoms with van der Waals surface area (Å²) >= 11 is 0. The molecule has 1 heterocycles. The Labute approximate surface area is 186 Å². The van der Waals surface area contributed by atoms with Gasteiger partial charge in [-0.25, -0.2) is 15.3 Å². The van der Waals surface area contributed by atoms with Crippen LogP contribution in [0.25, 0.3) is 11.3 Å².